The molecule has 3 aromatic carbocycles. The first-order chi connectivity index (χ1) is 15.5. The molecule has 5 nitrogen and oxygen atoms in total. The van der Waals surface area contributed by atoms with E-state index in [4.69, 9.17) is 53.8 Å². The quantitative estimate of drug-likeness (QED) is 0.361. The number of rotatable bonds is 9. The van der Waals surface area contributed by atoms with Crippen molar-refractivity contribution in [3.05, 3.63) is 80.3 Å². The summed E-state index contributed by atoms with van der Waals surface area (Å²) in [6.45, 7) is 4.24. The van der Waals surface area contributed by atoms with Crippen molar-refractivity contribution in [1.82, 2.24) is 5.32 Å². The van der Waals surface area contributed by atoms with E-state index in [0.717, 1.165) is 28.2 Å². The molecule has 0 saturated carbocycles. The molecule has 1 heterocycles. The van der Waals surface area contributed by atoms with Crippen LogP contribution >= 0.6 is 34.8 Å². The third-order valence-electron chi connectivity index (χ3n) is 4.87. The summed E-state index contributed by atoms with van der Waals surface area (Å²) >= 11 is 18.6. The van der Waals surface area contributed by atoms with Gasteiger partial charge in [0.2, 0.25) is 6.79 Å². The lowest BCUT2D eigenvalue weighted by molar-refractivity contribution is 0.174. The fraction of sp³-hybridized carbons (Fsp3) is 0.250. The van der Waals surface area contributed by atoms with E-state index in [9.17, 15) is 0 Å². The van der Waals surface area contributed by atoms with Gasteiger partial charge in [-0.05, 0) is 53.9 Å². The number of fused-ring (bicyclic) bond motifs is 1. The average molecular weight is 495 g/mol. The van der Waals surface area contributed by atoms with Gasteiger partial charge in [0.1, 0.15) is 6.61 Å². The Labute approximate surface area is 202 Å². The van der Waals surface area contributed by atoms with Crippen molar-refractivity contribution in [3.63, 3.8) is 0 Å². The lowest BCUT2D eigenvalue weighted by atomic mass is 10.1. The Morgan fingerprint density at radius 2 is 1.56 bits per heavy atom. The summed E-state index contributed by atoms with van der Waals surface area (Å²) in [5, 5.41) is 4.99. The maximum atomic E-state index is 6.54. The first kappa shape index (κ1) is 22.9. The Morgan fingerprint density at radius 3 is 2.38 bits per heavy atom. The second kappa shape index (κ2) is 10.5. The third-order valence-corrected chi connectivity index (χ3v) is 5.96. The van der Waals surface area contributed by atoms with E-state index >= 15 is 0 Å². The van der Waals surface area contributed by atoms with Crippen molar-refractivity contribution in [2.75, 3.05) is 13.4 Å². The maximum Gasteiger partial charge on any atom is 0.231 e. The number of nitrogens with one attached hydrogen (secondary N) is 1. The van der Waals surface area contributed by atoms with Gasteiger partial charge in [0.15, 0.2) is 23.0 Å². The molecule has 0 bridgehead atoms. The van der Waals surface area contributed by atoms with Crippen molar-refractivity contribution in [1.29, 1.82) is 0 Å². The fourth-order valence-corrected chi connectivity index (χ4v) is 3.82. The largest absolute Gasteiger partial charge is 0.490 e. The fourth-order valence-electron chi connectivity index (χ4n) is 3.28. The molecule has 0 aromatic heterocycles. The molecule has 0 aliphatic carbocycles. The summed E-state index contributed by atoms with van der Waals surface area (Å²) in [4.78, 5) is 0. The van der Waals surface area contributed by atoms with Gasteiger partial charge in [0.05, 0.1) is 16.7 Å². The number of ether oxygens (including phenoxy) is 4. The number of halogens is 3. The smallest absolute Gasteiger partial charge is 0.231 e. The van der Waals surface area contributed by atoms with Gasteiger partial charge in [-0.1, -0.05) is 46.9 Å². The van der Waals surface area contributed by atoms with Crippen molar-refractivity contribution in [2.45, 2.75) is 26.6 Å². The first-order valence-electron chi connectivity index (χ1n) is 10.1. The molecule has 0 unspecified atom stereocenters. The Kier molecular flexibility index (Phi) is 7.53. The highest BCUT2D eigenvalue weighted by molar-refractivity contribution is 6.42. The minimum Gasteiger partial charge on any atom is -0.490 e. The zero-order valence-electron chi connectivity index (χ0n) is 17.4. The van der Waals surface area contributed by atoms with Crippen LogP contribution in [-0.4, -0.2) is 13.4 Å². The maximum absolute atomic E-state index is 6.54. The van der Waals surface area contributed by atoms with Crippen molar-refractivity contribution in [3.8, 4) is 23.0 Å². The number of hydrogen-bond donors (Lipinski definition) is 1. The lowest BCUT2D eigenvalue weighted by Gasteiger charge is -2.16. The van der Waals surface area contributed by atoms with E-state index in [0.29, 0.717) is 52.9 Å². The molecule has 0 amide bonds. The lowest BCUT2D eigenvalue weighted by Crippen LogP contribution is -2.13. The predicted octanol–water partition coefficient (Wildman–Crippen LogP) is 6.64. The highest BCUT2D eigenvalue weighted by atomic mass is 35.5. The van der Waals surface area contributed by atoms with Gasteiger partial charge in [0, 0.05) is 24.2 Å². The zero-order valence-corrected chi connectivity index (χ0v) is 19.7. The van der Waals surface area contributed by atoms with Gasteiger partial charge >= 0.3 is 0 Å². The minimum absolute atomic E-state index is 0.265. The summed E-state index contributed by atoms with van der Waals surface area (Å²) in [5.41, 5.74) is 2.90. The highest BCUT2D eigenvalue weighted by Crippen LogP contribution is 2.35. The number of benzene rings is 3. The minimum atomic E-state index is 0.265. The standard InChI is InChI=1S/C24H22Cl3NO4/c1-2-29-23-9-17(12-28-11-15-4-6-21-22(8-15)32-14-31-21)19(26)10-24(23)30-13-16-3-5-18(25)20(27)7-16/h3-10,28H,2,11-14H2,1H3. The van der Waals surface area contributed by atoms with Crippen LogP contribution in [0.25, 0.3) is 0 Å². The highest BCUT2D eigenvalue weighted by Gasteiger charge is 2.14. The first-order valence-corrected chi connectivity index (χ1v) is 11.3. The SMILES string of the molecule is CCOc1cc(CNCc2ccc3c(c2)OCO3)c(Cl)cc1OCc1ccc(Cl)c(Cl)c1. The molecule has 32 heavy (non-hydrogen) atoms. The predicted molar refractivity (Wildman–Crippen MR) is 127 cm³/mol. The van der Waals surface area contributed by atoms with Gasteiger partial charge in [-0.15, -0.1) is 0 Å². The average Bonchev–Trinajstić information content (AvgIpc) is 3.25. The Bertz CT molecular complexity index is 1110. The Morgan fingerprint density at radius 1 is 0.781 bits per heavy atom. The van der Waals surface area contributed by atoms with Crippen LogP contribution in [0.15, 0.2) is 48.5 Å². The molecule has 1 aliphatic heterocycles. The molecule has 0 atom stereocenters. The van der Waals surface area contributed by atoms with Gasteiger partial charge in [-0.3, -0.25) is 0 Å². The van der Waals surface area contributed by atoms with Crippen LogP contribution in [0.3, 0.4) is 0 Å². The molecular weight excluding hydrogens is 473 g/mol. The summed E-state index contributed by atoms with van der Waals surface area (Å²) < 4.78 is 22.5. The molecule has 0 radical (unpaired) electrons. The second-order valence-electron chi connectivity index (χ2n) is 7.15. The van der Waals surface area contributed by atoms with E-state index in [1.54, 1.807) is 18.2 Å². The Hall–Kier alpha value is -2.31. The van der Waals surface area contributed by atoms with E-state index in [1.165, 1.54) is 0 Å². The summed E-state index contributed by atoms with van der Waals surface area (Å²) in [7, 11) is 0. The molecule has 168 valence electrons. The number of hydrogen-bond acceptors (Lipinski definition) is 5. The van der Waals surface area contributed by atoms with Gasteiger partial charge in [-0.25, -0.2) is 0 Å². The van der Waals surface area contributed by atoms with Crippen molar-refractivity contribution >= 4 is 34.8 Å². The normalized spacial score (nSPS) is 12.1. The molecular formula is C24H22Cl3NO4. The molecule has 8 heteroatoms. The van der Waals surface area contributed by atoms with E-state index < -0.39 is 0 Å². The van der Waals surface area contributed by atoms with E-state index in [1.807, 2.05) is 37.3 Å². The van der Waals surface area contributed by atoms with E-state index in [-0.39, 0.29) is 6.79 Å². The van der Waals surface area contributed by atoms with Crippen LogP contribution in [0.5, 0.6) is 23.0 Å². The molecule has 1 aliphatic rings. The summed E-state index contributed by atoms with van der Waals surface area (Å²) in [5.74, 6) is 2.75. The molecule has 1 N–H and O–H groups in total. The third kappa shape index (κ3) is 5.54. The monoisotopic (exact) mass is 493 g/mol. The van der Waals surface area contributed by atoms with Crippen LogP contribution in [0.1, 0.15) is 23.6 Å². The summed E-state index contributed by atoms with van der Waals surface area (Å²) in [6, 6.07) is 15.0. The van der Waals surface area contributed by atoms with Crippen molar-refractivity contribution in [2.24, 2.45) is 0 Å². The molecule has 0 saturated heterocycles. The van der Waals surface area contributed by atoms with Crippen molar-refractivity contribution < 1.29 is 18.9 Å². The molecule has 0 fully saturated rings. The zero-order chi connectivity index (χ0) is 22.5. The van der Waals surface area contributed by atoms with Gasteiger partial charge in [0.25, 0.3) is 0 Å². The molecule has 4 rings (SSSR count). The summed E-state index contributed by atoms with van der Waals surface area (Å²) in [6.07, 6.45) is 0. The van der Waals surface area contributed by atoms with Crippen LogP contribution in [0.2, 0.25) is 15.1 Å². The van der Waals surface area contributed by atoms with Crippen LogP contribution < -0.4 is 24.3 Å². The second-order valence-corrected chi connectivity index (χ2v) is 8.37. The van der Waals surface area contributed by atoms with Gasteiger partial charge in [-0.2, -0.15) is 0 Å². The van der Waals surface area contributed by atoms with E-state index in [2.05, 4.69) is 5.32 Å². The molecule has 3 aromatic rings. The van der Waals surface area contributed by atoms with Gasteiger partial charge < -0.3 is 24.3 Å². The Balaban J connectivity index is 1.41. The van der Waals surface area contributed by atoms with Crippen LogP contribution in [0.4, 0.5) is 0 Å². The van der Waals surface area contributed by atoms with Crippen LogP contribution in [0, 0.1) is 0 Å². The van der Waals surface area contributed by atoms with Crippen LogP contribution in [-0.2, 0) is 19.7 Å². The topological polar surface area (TPSA) is 49.0 Å². The molecule has 0 spiro atoms.